The van der Waals surface area contributed by atoms with Crippen molar-refractivity contribution in [2.75, 3.05) is 38.6 Å². The fourth-order valence-electron chi connectivity index (χ4n) is 5.74. The molecule has 5 rings (SSSR count). The number of fused-ring (bicyclic) bond motifs is 1. The van der Waals surface area contributed by atoms with Gasteiger partial charge in [-0.05, 0) is 74.2 Å². The summed E-state index contributed by atoms with van der Waals surface area (Å²) in [5, 5.41) is 3.07. The van der Waals surface area contributed by atoms with Crippen molar-refractivity contribution in [1.29, 1.82) is 0 Å². The summed E-state index contributed by atoms with van der Waals surface area (Å²) in [6.45, 7) is 3.71. The van der Waals surface area contributed by atoms with Gasteiger partial charge in [0.25, 0.3) is 0 Å². The summed E-state index contributed by atoms with van der Waals surface area (Å²) in [5.74, 6) is 8.68. The van der Waals surface area contributed by atoms with Crippen molar-refractivity contribution in [3.05, 3.63) is 59.7 Å². The average molecular weight is 458 g/mol. The van der Waals surface area contributed by atoms with Gasteiger partial charge in [0.2, 0.25) is 0 Å². The number of benzene rings is 2. The van der Waals surface area contributed by atoms with Crippen LogP contribution in [0.15, 0.2) is 48.5 Å². The number of rotatable bonds is 3. The third-order valence-electron chi connectivity index (χ3n) is 7.68. The predicted molar refractivity (Wildman–Crippen MR) is 136 cm³/mol. The van der Waals surface area contributed by atoms with E-state index < -0.39 is 0 Å². The van der Waals surface area contributed by atoms with Gasteiger partial charge >= 0.3 is 6.03 Å². The van der Waals surface area contributed by atoms with Crippen LogP contribution in [0.1, 0.15) is 55.6 Å². The number of carbonyl (C=O) groups excluding carboxylic acids is 1. The van der Waals surface area contributed by atoms with Crippen LogP contribution in [0.25, 0.3) is 0 Å². The Morgan fingerprint density at radius 2 is 1.71 bits per heavy atom. The summed E-state index contributed by atoms with van der Waals surface area (Å²) < 4.78 is 5.22. The zero-order chi connectivity index (χ0) is 23.3. The first kappa shape index (κ1) is 22.8. The SMILES string of the molecule is COc1ccc(NC(=O)N2CCCN3CC[C@H](c4ccc(C#CC5CCCC5)cc4)[C@@H]3C2)cc1. The Labute approximate surface area is 203 Å². The van der Waals surface area contributed by atoms with E-state index in [1.165, 1.54) is 31.2 Å². The Morgan fingerprint density at radius 3 is 2.44 bits per heavy atom. The molecule has 1 aliphatic carbocycles. The molecule has 34 heavy (non-hydrogen) atoms. The van der Waals surface area contributed by atoms with Crippen LogP contribution in [0.2, 0.25) is 0 Å². The van der Waals surface area contributed by atoms with Crippen LogP contribution >= 0.6 is 0 Å². The number of nitrogens with one attached hydrogen (secondary N) is 1. The van der Waals surface area contributed by atoms with Crippen LogP contribution in [0.3, 0.4) is 0 Å². The fraction of sp³-hybridized carbons (Fsp3) is 0.483. The molecule has 2 heterocycles. The van der Waals surface area contributed by atoms with Crippen molar-refractivity contribution in [3.8, 4) is 17.6 Å². The van der Waals surface area contributed by atoms with Crippen molar-refractivity contribution < 1.29 is 9.53 Å². The lowest BCUT2D eigenvalue weighted by Crippen LogP contribution is -2.43. The number of anilines is 1. The van der Waals surface area contributed by atoms with Gasteiger partial charge in [0.15, 0.2) is 0 Å². The van der Waals surface area contributed by atoms with Crippen LogP contribution in [0.4, 0.5) is 10.5 Å². The molecule has 5 heteroatoms. The van der Waals surface area contributed by atoms with Crippen molar-refractivity contribution in [2.24, 2.45) is 5.92 Å². The van der Waals surface area contributed by atoms with E-state index in [-0.39, 0.29) is 6.03 Å². The Morgan fingerprint density at radius 1 is 0.941 bits per heavy atom. The van der Waals surface area contributed by atoms with E-state index in [9.17, 15) is 4.79 Å². The highest BCUT2D eigenvalue weighted by atomic mass is 16.5. The minimum absolute atomic E-state index is 0.0183. The van der Waals surface area contributed by atoms with Gasteiger partial charge in [-0.15, -0.1) is 0 Å². The molecule has 2 amide bonds. The molecule has 3 aliphatic rings. The average Bonchev–Trinajstić information content (AvgIpc) is 3.48. The van der Waals surface area contributed by atoms with E-state index >= 15 is 0 Å². The molecular formula is C29H35N3O2. The molecule has 1 N–H and O–H groups in total. The molecule has 0 aromatic heterocycles. The first-order valence-corrected chi connectivity index (χ1v) is 12.7. The highest BCUT2D eigenvalue weighted by molar-refractivity contribution is 5.89. The van der Waals surface area contributed by atoms with Crippen LogP contribution in [-0.2, 0) is 0 Å². The van der Waals surface area contributed by atoms with Crippen molar-refractivity contribution >= 4 is 11.7 Å². The number of urea groups is 1. The molecular weight excluding hydrogens is 422 g/mol. The quantitative estimate of drug-likeness (QED) is 0.634. The second-order valence-electron chi connectivity index (χ2n) is 9.83. The summed E-state index contributed by atoms with van der Waals surface area (Å²) in [6.07, 6.45) is 7.32. The zero-order valence-corrected chi connectivity index (χ0v) is 20.1. The molecule has 0 radical (unpaired) electrons. The maximum absolute atomic E-state index is 13.1. The number of methoxy groups -OCH3 is 1. The van der Waals surface area contributed by atoms with Crippen LogP contribution in [0, 0.1) is 17.8 Å². The van der Waals surface area contributed by atoms with E-state index in [1.54, 1.807) is 7.11 Å². The van der Waals surface area contributed by atoms with Crippen molar-refractivity contribution in [2.45, 2.75) is 50.5 Å². The number of hydrogen-bond acceptors (Lipinski definition) is 3. The van der Waals surface area contributed by atoms with Crippen LogP contribution < -0.4 is 10.1 Å². The Kier molecular flexibility index (Phi) is 7.06. The normalized spacial score (nSPS) is 23.0. The first-order chi connectivity index (χ1) is 16.7. The van der Waals surface area contributed by atoms with Gasteiger partial charge in [-0.2, -0.15) is 0 Å². The summed E-state index contributed by atoms with van der Waals surface area (Å²) in [7, 11) is 1.64. The maximum Gasteiger partial charge on any atom is 0.321 e. The topological polar surface area (TPSA) is 44.8 Å². The first-order valence-electron chi connectivity index (χ1n) is 12.7. The predicted octanol–water partition coefficient (Wildman–Crippen LogP) is 5.33. The maximum atomic E-state index is 13.1. The molecule has 2 saturated heterocycles. The smallest absolute Gasteiger partial charge is 0.321 e. The minimum Gasteiger partial charge on any atom is -0.497 e. The van der Waals surface area contributed by atoms with Gasteiger partial charge in [0.05, 0.1) is 7.11 Å². The monoisotopic (exact) mass is 457 g/mol. The fourth-order valence-corrected chi connectivity index (χ4v) is 5.74. The molecule has 0 spiro atoms. The highest BCUT2D eigenvalue weighted by Gasteiger charge is 2.38. The van der Waals surface area contributed by atoms with E-state index in [2.05, 4.69) is 46.3 Å². The van der Waals surface area contributed by atoms with Gasteiger partial charge in [0, 0.05) is 48.8 Å². The Hall–Kier alpha value is -2.97. The summed E-state index contributed by atoms with van der Waals surface area (Å²) in [6, 6.07) is 16.7. The Bertz CT molecular complexity index is 1030. The van der Waals surface area contributed by atoms with Gasteiger partial charge in [-0.25, -0.2) is 4.79 Å². The largest absolute Gasteiger partial charge is 0.497 e. The summed E-state index contributed by atoms with van der Waals surface area (Å²) >= 11 is 0. The molecule has 2 aromatic carbocycles. The third-order valence-corrected chi connectivity index (χ3v) is 7.68. The van der Waals surface area contributed by atoms with E-state index in [0.717, 1.165) is 56.0 Å². The van der Waals surface area contributed by atoms with Gasteiger partial charge < -0.3 is 15.0 Å². The highest BCUT2D eigenvalue weighted by Crippen LogP contribution is 2.35. The number of amides is 2. The Balaban J connectivity index is 1.25. The van der Waals surface area contributed by atoms with Gasteiger partial charge in [-0.3, -0.25) is 4.90 Å². The summed E-state index contributed by atoms with van der Waals surface area (Å²) in [5.41, 5.74) is 3.28. The molecule has 0 unspecified atom stereocenters. The zero-order valence-electron chi connectivity index (χ0n) is 20.1. The minimum atomic E-state index is -0.0183. The number of carbonyl (C=O) groups is 1. The van der Waals surface area contributed by atoms with Gasteiger partial charge in [0.1, 0.15) is 5.75 Å². The lowest BCUT2D eigenvalue weighted by Gasteiger charge is -2.30. The summed E-state index contributed by atoms with van der Waals surface area (Å²) in [4.78, 5) is 17.7. The van der Waals surface area contributed by atoms with Crippen LogP contribution in [-0.4, -0.2) is 55.2 Å². The number of hydrogen-bond donors (Lipinski definition) is 1. The number of ether oxygens (including phenoxy) is 1. The molecule has 2 aliphatic heterocycles. The molecule has 2 atom stereocenters. The molecule has 1 saturated carbocycles. The van der Waals surface area contributed by atoms with Crippen molar-refractivity contribution in [3.63, 3.8) is 0 Å². The third kappa shape index (κ3) is 5.23. The molecule has 5 nitrogen and oxygen atoms in total. The van der Waals surface area contributed by atoms with E-state index in [0.29, 0.717) is 17.9 Å². The van der Waals surface area contributed by atoms with Crippen molar-refractivity contribution in [1.82, 2.24) is 9.80 Å². The van der Waals surface area contributed by atoms with E-state index in [1.807, 2.05) is 29.2 Å². The molecule has 0 bridgehead atoms. The second-order valence-corrected chi connectivity index (χ2v) is 9.83. The van der Waals surface area contributed by atoms with Gasteiger partial charge in [-0.1, -0.05) is 36.8 Å². The molecule has 2 aromatic rings. The second kappa shape index (κ2) is 10.5. The number of nitrogens with zero attached hydrogens (tertiary/aromatic N) is 2. The standard InChI is InChI=1S/C29H35N3O2/c1-34-26-15-13-25(14-16-26)30-29(33)32-19-4-18-31-20-17-27(28(31)21-32)24-11-9-23(10-12-24)8-7-22-5-2-3-6-22/h9-16,22,27-28H,2-6,17-21H2,1H3,(H,30,33)/t27-,28+/m1/s1. The molecule has 178 valence electrons. The molecule has 3 fully saturated rings. The van der Waals surface area contributed by atoms with Crippen LogP contribution in [0.5, 0.6) is 5.75 Å². The lowest BCUT2D eigenvalue weighted by molar-refractivity contribution is 0.197. The van der Waals surface area contributed by atoms with E-state index in [4.69, 9.17) is 4.74 Å². The lowest BCUT2D eigenvalue weighted by atomic mass is 9.91.